The highest BCUT2D eigenvalue weighted by Gasteiger charge is 2.21. The van der Waals surface area contributed by atoms with Gasteiger partial charge in [0.2, 0.25) is 0 Å². The summed E-state index contributed by atoms with van der Waals surface area (Å²) in [7, 11) is 1.28. The van der Waals surface area contributed by atoms with Gasteiger partial charge < -0.3 is 15.6 Å². The molecule has 0 unspecified atom stereocenters. The molecule has 0 fully saturated rings. The van der Waals surface area contributed by atoms with E-state index < -0.39 is 11.8 Å². The van der Waals surface area contributed by atoms with Crippen LogP contribution in [0.2, 0.25) is 0 Å². The molecule has 0 saturated heterocycles. The van der Waals surface area contributed by atoms with E-state index in [1.54, 1.807) is 19.9 Å². The van der Waals surface area contributed by atoms with Gasteiger partial charge in [0, 0.05) is 6.42 Å². The molecule has 3 N–H and O–H groups in total. The smallest absolute Gasteiger partial charge is 0.438 e. The lowest BCUT2D eigenvalue weighted by atomic mass is 10.1. The second-order valence-electron chi connectivity index (χ2n) is 2.81. The summed E-state index contributed by atoms with van der Waals surface area (Å²) in [6.45, 7) is 7.14. The normalized spacial score (nSPS) is 9.58. The summed E-state index contributed by atoms with van der Waals surface area (Å²) in [6, 6.07) is 0. The molecule has 0 spiro atoms. The average Bonchev–Trinajstić information content (AvgIpc) is 1.86. The third kappa shape index (κ3) is 5.73. The molecule has 0 atom stereocenters. The van der Waals surface area contributed by atoms with Crippen molar-refractivity contribution in [3.8, 4) is 0 Å². The highest BCUT2D eigenvalue weighted by Crippen LogP contribution is 2.15. The van der Waals surface area contributed by atoms with Crippen LogP contribution in [0.4, 0.5) is 4.79 Å². The Bertz CT molecular complexity index is 154. The average molecular weight is 175 g/mol. The second kappa shape index (κ2) is 5.60. The topological polar surface area (TPSA) is 70.5 Å². The van der Waals surface area contributed by atoms with E-state index >= 15 is 0 Å². The van der Waals surface area contributed by atoms with E-state index in [-0.39, 0.29) is 6.15 Å². The summed E-state index contributed by atoms with van der Waals surface area (Å²) in [6.07, 6.45) is 1.65. The maximum absolute atomic E-state index is 10.6. The molecule has 0 aliphatic heterocycles. The molecule has 72 valence electrons. The van der Waals surface area contributed by atoms with Crippen molar-refractivity contribution in [2.75, 3.05) is 7.11 Å². The summed E-state index contributed by atoms with van der Waals surface area (Å²) >= 11 is 0. The molecule has 4 heteroatoms. The fraction of sp³-hybridized carbons (Fsp3) is 0.625. The molecule has 0 aliphatic rings. The van der Waals surface area contributed by atoms with Crippen molar-refractivity contribution >= 4 is 6.16 Å². The monoisotopic (exact) mass is 175 g/mol. The zero-order chi connectivity index (χ0) is 8.91. The fourth-order valence-corrected chi connectivity index (χ4v) is 0.657. The molecule has 0 aromatic rings. The number of carbonyl (C=O) groups excluding carboxylic acids is 1. The number of methoxy groups -OCH3 is 1. The molecule has 0 saturated carbocycles. The Kier molecular flexibility index (Phi) is 6.32. The third-order valence-electron chi connectivity index (χ3n) is 1.16. The molecule has 0 aromatic carbocycles. The summed E-state index contributed by atoms with van der Waals surface area (Å²) < 4.78 is 9.23. The van der Waals surface area contributed by atoms with Gasteiger partial charge in [0.1, 0.15) is 5.60 Å². The van der Waals surface area contributed by atoms with Gasteiger partial charge in [0.15, 0.2) is 0 Å². The van der Waals surface area contributed by atoms with Crippen molar-refractivity contribution in [3.05, 3.63) is 12.7 Å². The Hall–Kier alpha value is -1.03. The van der Waals surface area contributed by atoms with Gasteiger partial charge in [-0.05, 0) is 13.8 Å². The molecular weight excluding hydrogens is 158 g/mol. The van der Waals surface area contributed by atoms with Gasteiger partial charge in [-0.1, -0.05) is 6.08 Å². The molecule has 0 heterocycles. The van der Waals surface area contributed by atoms with Gasteiger partial charge >= 0.3 is 6.16 Å². The zero-order valence-electron chi connectivity index (χ0n) is 7.92. The van der Waals surface area contributed by atoms with E-state index in [1.165, 1.54) is 7.11 Å². The Morgan fingerprint density at radius 3 is 2.42 bits per heavy atom. The molecule has 0 rings (SSSR count). The van der Waals surface area contributed by atoms with Crippen LogP contribution in [0.5, 0.6) is 0 Å². The van der Waals surface area contributed by atoms with Crippen molar-refractivity contribution in [3.63, 3.8) is 0 Å². The summed E-state index contributed by atoms with van der Waals surface area (Å²) in [5, 5.41) is 0. The second-order valence-corrected chi connectivity index (χ2v) is 2.81. The SMILES string of the molecule is C=CCC(C)(C)OC(=O)OC.N. The summed E-state index contributed by atoms with van der Waals surface area (Å²) in [4.78, 5) is 10.6. The Morgan fingerprint density at radius 1 is 1.58 bits per heavy atom. The number of hydrogen-bond acceptors (Lipinski definition) is 4. The molecular formula is C8H17NO3. The maximum atomic E-state index is 10.6. The Morgan fingerprint density at radius 2 is 2.08 bits per heavy atom. The lowest BCUT2D eigenvalue weighted by molar-refractivity contribution is -0.00495. The van der Waals surface area contributed by atoms with Crippen molar-refractivity contribution < 1.29 is 14.3 Å². The quantitative estimate of drug-likeness (QED) is 0.527. The van der Waals surface area contributed by atoms with E-state index in [2.05, 4.69) is 11.3 Å². The van der Waals surface area contributed by atoms with Gasteiger partial charge in [0.05, 0.1) is 7.11 Å². The van der Waals surface area contributed by atoms with Crippen LogP contribution in [0, 0.1) is 0 Å². The largest absolute Gasteiger partial charge is 0.508 e. The van der Waals surface area contributed by atoms with Crippen LogP contribution in [0.15, 0.2) is 12.7 Å². The predicted molar refractivity (Wildman–Crippen MR) is 47.4 cm³/mol. The third-order valence-corrected chi connectivity index (χ3v) is 1.16. The number of hydrogen-bond donors (Lipinski definition) is 1. The van der Waals surface area contributed by atoms with E-state index in [4.69, 9.17) is 4.74 Å². The van der Waals surface area contributed by atoms with Gasteiger partial charge in [-0.2, -0.15) is 0 Å². The van der Waals surface area contributed by atoms with Crippen LogP contribution in [0.1, 0.15) is 20.3 Å². The first kappa shape index (κ1) is 13.6. The van der Waals surface area contributed by atoms with E-state index in [1.807, 2.05) is 0 Å². The highest BCUT2D eigenvalue weighted by atomic mass is 16.7. The van der Waals surface area contributed by atoms with E-state index in [0.717, 1.165) is 0 Å². The van der Waals surface area contributed by atoms with Crippen LogP contribution in [-0.4, -0.2) is 18.9 Å². The first-order valence-corrected chi connectivity index (χ1v) is 3.39. The van der Waals surface area contributed by atoms with Crippen molar-refractivity contribution in [1.82, 2.24) is 6.15 Å². The van der Waals surface area contributed by atoms with Gasteiger partial charge in [-0.25, -0.2) is 4.79 Å². The molecule has 12 heavy (non-hydrogen) atoms. The number of rotatable bonds is 3. The predicted octanol–water partition coefficient (Wildman–Crippen LogP) is 2.29. The molecule has 0 aliphatic carbocycles. The summed E-state index contributed by atoms with van der Waals surface area (Å²) in [5.74, 6) is 0. The van der Waals surface area contributed by atoms with Gasteiger partial charge in [-0.3, -0.25) is 0 Å². The van der Waals surface area contributed by atoms with Gasteiger partial charge in [-0.15, -0.1) is 6.58 Å². The van der Waals surface area contributed by atoms with Crippen LogP contribution in [0.3, 0.4) is 0 Å². The number of carbonyl (C=O) groups is 1. The van der Waals surface area contributed by atoms with Gasteiger partial charge in [0.25, 0.3) is 0 Å². The molecule has 0 bridgehead atoms. The van der Waals surface area contributed by atoms with Crippen molar-refractivity contribution in [1.29, 1.82) is 0 Å². The summed E-state index contributed by atoms with van der Waals surface area (Å²) in [5.41, 5.74) is -0.519. The first-order valence-electron chi connectivity index (χ1n) is 3.39. The first-order chi connectivity index (χ1) is 5.02. The van der Waals surface area contributed by atoms with Crippen LogP contribution >= 0.6 is 0 Å². The van der Waals surface area contributed by atoms with Crippen LogP contribution in [-0.2, 0) is 9.47 Å². The number of ether oxygens (including phenoxy) is 2. The van der Waals surface area contributed by atoms with E-state index in [0.29, 0.717) is 6.42 Å². The molecule has 0 radical (unpaired) electrons. The molecule has 4 nitrogen and oxygen atoms in total. The lowest BCUT2D eigenvalue weighted by Gasteiger charge is -2.21. The van der Waals surface area contributed by atoms with Crippen LogP contribution < -0.4 is 6.15 Å². The minimum atomic E-state index is -0.656. The maximum Gasteiger partial charge on any atom is 0.508 e. The minimum absolute atomic E-state index is 0. The standard InChI is InChI=1S/C8H14O3.H3N/c1-5-6-8(2,3)11-7(9)10-4;/h5H,1,6H2,2-4H3;1H3. The molecule has 0 amide bonds. The van der Waals surface area contributed by atoms with Crippen molar-refractivity contribution in [2.45, 2.75) is 25.9 Å². The highest BCUT2D eigenvalue weighted by molar-refractivity contribution is 5.60. The van der Waals surface area contributed by atoms with E-state index in [9.17, 15) is 4.79 Å². The zero-order valence-corrected chi connectivity index (χ0v) is 7.92. The van der Waals surface area contributed by atoms with Crippen molar-refractivity contribution in [2.24, 2.45) is 0 Å². The minimum Gasteiger partial charge on any atom is -0.438 e. The fourth-order valence-electron chi connectivity index (χ4n) is 0.657. The lowest BCUT2D eigenvalue weighted by Crippen LogP contribution is -2.27. The Balaban J connectivity index is 0. The molecule has 0 aromatic heterocycles. The van der Waals surface area contributed by atoms with Crippen LogP contribution in [0.25, 0.3) is 0 Å². The Labute approximate surface area is 73.1 Å².